The molecule has 16 heteroatoms. The van der Waals surface area contributed by atoms with Gasteiger partial charge in [0.15, 0.2) is 5.78 Å². The van der Waals surface area contributed by atoms with Gasteiger partial charge in [-0.2, -0.15) is 12.6 Å². The number of carbonyl (C=O) groups is 7. The van der Waals surface area contributed by atoms with Crippen molar-refractivity contribution in [3.8, 4) is 0 Å². The number of benzene rings is 1. The molecular formula is C28H41FN6O8S. The van der Waals surface area contributed by atoms with Gasteiger partial charge in [-0.15, -0.1) is 0 Å². The summed E-state index contributed by atoms with van der Waals surface area (Å²) in [5.41, 5.74) is 5.64. The fourth-order valence-electron chi connectivity index (χ4n) is 3.81. The van der Waals surface area contributed by atoms with E-state index in [4.69, 9.17) is 10.8 Å². The molecule has 0 aliphatic rings. The molecule has 14 nitrogen and oxygen atoms in total. The van der Waals surface area contributed by atoms with Crippen molar-refractivity contribution >= 4 is 53.9 Å². The van der Waals surface area contributed by atoms with Crippen LogP contribution in [0.25, 0.3) is 0 Å². The molecule has 5 amide bonds. The van der Waals surface area contributed by atoms with E-state index in [-0.39, 0.29) is 36.5 Å². The molecule has 0 aliphatic carbocycles. The van der Waals surface area contributed by atoms with Gasteiger partial charge in [-0.25, -0.2) is 4.39 Å². The average molecular weight is 641 g/mol. The molecule has 0 fully saturated rings. The normalized spacial score (nSPS) is 13.4. The van der Waals surface area contributed by atoms with E-state index in [1.165, 1.54) is 26.0 Å². The fraction of sp³-hybridized carbons (Fsp3) is 0.536. The molecule has 4 atom stereocenters. The van der Waals surface area contributed by atoms with E-state index >= 15 is 0 Å². The highest BCUT2D eigenvalue weighted by atomic mass is 32.1. The zero-order chi connectivity index (χ0) is 33.2. The van der Waals surface area contributed by atoms with Crippen LogP contribution in [0.4, 0.5) is 4.39 Å². The number of Topliss-reactive ketones (excluding diaryl/α,β-unsaturated/α-hetero) is 1. The number of aliphatic carboxylic acids is 1. The van der Waals surface area contributed by atoms with E-state index in [2.05, 4.69) is 39.2 Å². The largest absolute Gasteiger partial charge is 0.481 e. The summed E-state index contributed by atoms with van der Waals surface area (Å²) in [4.78, 5) is 86.0. The Balaban J connectivity index is 2.74. The maximum absolute atomic E-state index is 13.0. The molecule has 8 N–H and O–H groups in total. The van der Waals surface area contributed by atoms with Gasteiger partial charge in [-0.3, -0.25) is 33.6 Å². The maximum atomic E-state index is 13.0. The van der Waals surface area contributed by atoms with E-state index < -0.39 is 71.9 Å². The molecule has 1 rings (SSSR count). The second kappa shape index (κ2) is 20.0. The predicted molar refractivity (Wildman–Crippen MR) is 161 cm³/mol. The third-order valence-corrected chi connectivity index (χ3v) is 6.73. The Bertz CT molecular complexity index is 1170. The highest BCUT2D eigenvalue weighted by molar-refractivity contribution is 7.80. The van der Waals surface area contributed by atoms with Crippen molar-refractivity contribution in [2.24, 2.45) is 5.73 Å². The van der Waals surface area contributed by atoms with Crippen LogP contribution in [0, 0.1) is 5.82 Å². The number of amides is 5. The van der Waals surface area contributed by atoms with Crippen LogP contribution in [-0.4, -0.2) is 89.4 Å². The Labute approximate surface area is 260 Å². The van der Waals surface area contributed by atoms with Crippen LogP contribution in [0.15, 0.2) is 24.3 Å². The molecule has 244 valence electrons. The highest BCUT2D eigenvalue weighted by Crippen LogP contribution is 2.05. The van der Waals surface area contributed by atoms with Crippen molar-refractivity contribution in [1.82, 2.24) is 26.6 Å². The summed E-state index contributed by atoms with van der Waals surface area (Å²) in [5, 5.41) is 21.4. The van der Waals surface area contributed by atoms with Gasteiger partial charge in [-0.1, -0.05) is 0 Å². The summed E-state index contributed by atoms with van der Waals surface area (Å²) < 4.78 is 13.0. The van der Waals surface area contributed by atoms with Crippen LogP contribution >= 0.6 is 12.6 Å². The Morgan fingerprint density at radius 1 is 0.841 bits per heavy atom. The summed E-state index contributed by atoms with van der Waals surface area (Å²) in [6, 6.07) is 0.334. The number of halogens is 1. The van der Waals surface area contributed by atoms with Crippen molar-refractivity contribution in [2.45, 2.75) is 76.5 Å². The minimum Gasteiger partial charge on any atom is -0.481 e. The molecule has 0 saturated carbocycles. The lowest BCUT2D eigenvalue weighted by Crippen LogP contribution is -2.57. The van der Waals surface area contributed by atoms with Crippen LogP contribution in [0.2, 0.25) is 0 Å². The first kappa shape index (κ1) is 38.0. The number of carboxylic acid groups (broad SMARTS) is 1. The number of ketones is 1. The van der Waals surface area contributed by atoms with Gasteiger partial charge in [0, 0.05) is 30.7 Å². The molecule has 0 saturated heterocycles. The van der Waals surface area contributed by atoms with Crippen LogP contribution < -0.4 is 32.3 Å². The third kappa shape index (κ3) is 14.4. The van der Waals surface area contributed by atoms with Crippen molar-refractivity contribution in [3.63, 3.8) is 0 Å². The minimum absolute atomic E-state index is 0.131. The number of nitrogens with one attached hydrogen (secondary N) is 5. The second-order valence-corrected chi connectivity index (χ2v) is 10.4. The van der Waals surface area contributed by atoms with E-state index in [0.717, 1.165) is 12.1 Å². The topological polar surface area (TPSA) is 226 Å². The third-order valence-electron chi connectivity index (χ3n) is 6.36. The fourth-order valence-corrected chi connectivity index (χ4v) is 4.07. The van der Waals surface area contributed by atoms with Gasteiger partial charge in [0.2, 0.25) is 23.6 Å². The summed E-state index contributed by atoms with van der Waals surface area (Å²) in [6.45, 7) is 3.05. The minimum atomic E-state index is -1.34. The van der Waals surface area contributed by atoms with Crippen molar-refractivity contribution in [3.05, 3.63) is 35.6 Å². The molecule has 44 heavy (non-hydrogen) atoms. The molecule has 0 radical (unpaired) electrons. The van der Waals surface area contributed by atoms with Crippen LogP contribution in [-0.2, 0) is 28.8 Å². The first-order chi connectivity index (χ1) is 20.8. The Morgan fingerprint density at radius 3 is 2.02 bits per heavy atom. The van der Waals surface area contributed by atoms with Gasteiger partial charge in [0.1, 0.15) is 23.9 Å². The molecular weight excluding hydrogens is 599 g/mol. The van der Waals surface area contributed by atoms with Gasteiger partial charge in [0.25, 0.3) is 5.91 Å². The Hall–Kier alpha value is -4.05. The maximum Gasteiger partial charge on any atom is 0.303 e. The number of hydrogen-bond donors (Lipinski definition) is 8. The molecule has 0 aromatic heterocycles. The number of carbonyl (C=O) groups excluding carboxylic acids is 6. The van der Waals surface area contributed by atoms with Gasteiger partial charge < -0.3 is 37.4 Å². The van der Waals surface area contributed by atoms with Gasteiger partial charge in [-0.05, 0) is 70.3 Å². The molecule has 0 bridgehead atoms. The van der Waals surface area contributed by atoms with Gasteiger partial charge >= 0.3 is 5.97 Å². The molecule has 1 aromatic carbocycles. The quantitative estimate of drug-likeness (QED) is 0.0673. The zero-order valence-electron chi connectivity index (χ0n) is 24.7. The monoisotopic (exact) mass is 640 g/mol. The van der Waals surface area contributed by atoms with Crippen molar-refractivity contribution in [2.75, 3.05) is 18.8 Å². The summed E-state index contributed by atoms with van der Waals surface area (Å²) >= 11 is 4.08. The molecule has 1 aromatic rings. The number of unbranched alkanes of at least 4 members (excludes halogenated alkanes) is 1. The van der Waals surface area contributed by atoms with E-state index in [9.17, 15) is 38.0 Å². The standard InChI is InChI=1S/C28H41FN6O8S/c1-16(25(40)34-20(17(2)36)5-3-4-13-30)32-28(43)22(15-44)35-27(42)21(10-11-24(38)39)33-23(37)12-14-31-26(41)18-6-8-19(29)9-7-18/h6-9,16,20-22,44H,3-5,10-15,30H2,1-2H3,(H,31,41)(H,32,43)(H,33,37)(H,34,40)(H,35,42)(H,38,39)/t16?,20-,21-,22-/m0/s1. The summed E-state index contributed by atoms with van der Waals surface area (Å²) in [5.74, 6) is -5.67. The lowest BCUT2D eigenvalue weighted by Gasteiger charge is -2.24. The summed E-state index contributed by atoms with van der Waals surface area (Å²) in [6.07, 6.45) is 0.651. The average Bonchev–Trinajstić information content (AvgIpc) is 2.97. The number of nitrogens with two attached hydrogens (primary N) is 1. The van der Waals surface area contributed by atoms with Crippen molar-refractivity contribution in [1.29, 1.82) is 0 Å². The van der Waals surface area contributed by atoms with E-state index in [1.54, 1.807) is 0 Å². The van der Waals surface area contributed by atoms with Crippen LogP contribution in [0.5, 0.6) is 0 Å². The van der Waals surface area contributed by atoms with E-state index in [0.29, 0.717) is 25.8 Å². The summed E-state index contributed by atoms with van der Waals surface area (Å²) in [7, 11) is 0. The molecule has 0 aliphatic heterocycles. The number of thiol groups is 1. The lowest BCUT2D eigenvalue weighted by atomic mass is 10.1. The van der Waals surface area contributed by atoms with Crippen LogP contribution in [0.3, 0.4) is 0 Å². The molecule has 0 spiro atoms. The predicted octanol–water partition coefficient (Wildman–Crippen LogP) is -0.583. The SMILES string of the molecule is CC(=O)[C@H](CCCCN)NC(=O)C(C)NC(=O)[C@H](CS)NC(=O)[C@H](CCC(=O)O)NC(=O)CCNC(=O)c1ccc(F)cc1. The number of hydrogen-bond acceptors (Lipinski definition) is 9. The van der Waals surface area contributed by atoms with Gasteiger partial charge in [0.05, 0.1) is 6.04 Å². The van der Waals surface area contributed by atoms with E-state index in [1.807, 2.05) is 0 Å². The smallest absolute Gasteiger partial charge is 0.303 e. The highest BCUT2D eigenvalue weighted by Gasteiger charge is 2.29. The van der Waals surface area contributed by atoms with Crippen molar-refractivity contribution < 1.29 is 43.1 Å². The second-order valence-electron chi connectivity index (χ2n) is 10.00. The lowest BCUT2D eigenvalue weighted by molar-refractivity contribution is -0.138. The molecule has 0 heterocycles. The first-order valence-corrected chi connectivity index (χ1v) is 14.7. The number of carboxylic acids is 1. The first-order valence-electron chi connectivity index (χ1n) is 14.1. The Morgan fingerprint density at radius 2 is 1.45 bits per heavy atom. The Kier molecular flexibility index (Phi) is 17.3. The number of rotatable bonds is 20. The molecule has 1 unspecified atom stereocenters. The van der Waals surface area contributed by atoms with Crippen LogP contribution in [0.1, 0.15) is 62.7 Å². The zero-order valence-corrected chi connectivity index (χ0v) is 25.6.